The van der Waals surface area contributed by atoms with Gasteiger partial charge in [-0.05, 0) is 13.3 Å². The van der Waals surface area contributed by atoms with Crippen LogP contribution >= 0.6 is 11.8 Å². The molecule has 0 aromatic heterocycles. The second-order valence-corrected chi connectivity index (χ2v) is 8.89. The number of hydroxylamine groups is 2. The molecule has 0 N–H and O–H groups in total. The maximum atomic E-state index is 10.9. The monoisotopic (exact) mass is 391 g/mol. The molecule has 26 heavy (non-hydrogen) atoms. The van der Waals surface area contributed by atoms with Gasteiger partial charge in [0.25, 0.3) is 0 Å². The Balaban J connectivity index is -0.000000352. The highest BCUT2D eigenvalue weighted by molar-refractivity contribution is 8.14. The van der Waals surface area contributed by atoms with Crippen molar-refractivity contribution in [2.75, 3.05) is 6.61 Å². The second kappa shape index (κ2) is 16.0. The number of imide groups is 1. The van der Waals surface area contributed by atoms with Crippen LogP contribution in [0.2, 0.25) is 0 Å². The Kier molecular flexibility index (Phi) is 18.2. The molecule has 0 unspecified atom stereocenters. The molecule has 0 rings (SSSR count). The van der Waals surface area contributed by atoms with E-state index in [0.29, 0.717) is 24.5 Å². The molecule has 0 fully saturated rings. The molecule has 0 aromatic carbocycles. The standard InChI is InChI=1S/C10H18O2S.C5H9NO3.C4H10/c1-8(12)13-10(4,5)6-9(2,3)7-11;1-3-9-6(4-7)5(2)8;1-3-4-2/h7H,6H2,1-5H3;4H,3H2,1-2H3;3-4H2,1-2H3. The average Bonchev–Trinajstić information content (AvgIpc) is 2.50. The predicted molar refractivity (Wildman–Crippen MR) is 108 cm³/mol. The van der Waals surface area contributed by atoms with E-state index < -0.39 is 5.91 Å². The third-order valence-electron chi connectivity index (χ3n) is 2.79. The van der Waals surface area contributed by atoms with Crippen molar-refractivity contribution >= 4 is 35.5 Å². The lowest BCUT2D eigenvalue weighted by atomic mass is 9.85. The van der Waals surface area contributed by atoms with Crippen molar-refractivity contribution in [3.63, 3.8) is 0 Å². The van der Waals surface area contributed by atoms with E-state index >= 15 is 0 Å². The lowest BCUT2D eigenvalue weighted by Gasteiger charge is -2.29. The van der Waals surface area contributed by atoms with Gasteiger partial charge in [-0.25, -0.2) is 0 Å². The topological polar surface area (TPSA) is 80.8 Å². The number of nitrogens with zero attached hydrogens (tertiary/aromatic N) is 1. The summed E-state index contributed by atoms with van der Waals surface area (Å²) in [5.74, 6) is -0.410. The average molecular weight is 392 g/mol. The molecule has 0 aliphatic carbocycles. The van der Waals surface area contributed by atoms with Gasteiger partial charge in [0, 0.05) is 24.0 Å². The first-order valence-corrected chi connectivity index (χ1v) is 9.67. The normalized spacial score (nSPS) is 10.5. The highest BCUT2D eigenvalue weighted by Crippen LogP contribution is 2.36. The largest absolute Gasteiger partial charge is 0.303 e. The number of hydrogen-bond donors (Lipinski definition) is 0. The van der Waals surface area contributed by atoms with Crippen LogP contribution in [0.3, 0.4) is 0 Å². The molecular formula is C19H37NO5S. The zero-order valence-corrected chi connectivity index (χ0v) is 18.7. The Labute approximate surface area is 163 Å². The smallest absolute Gasteiger partial charge is 0.250 e. The Hall–Kier alpha value is -1.21. The van der Waals surface area contributed by atoms with Gasteiger partial charge in [0.1, 0.15) is 6.29 Å². The van der Waals surface area contributed by atoms with E-state index in [1.165, 1.54) is 31.5 Å². The van der Waals surface area contributed by atoms with Crippen molar-refractivity contribution < 1.29 is 24.0 Å². The van der Waals surface area contributed by atoms with Crippen LogP contribution in [0.1, 0.15) is 81.6 Å². The number of amides is 2. The summed E-state index contributed by atoms with van der Waals surface area (Å²) in [5, 5.41) is 0.756. The van der Waals surface area contributed by atoms with Gasteiger partial charge in [-0.1, -0.05) is 66.1 Å². The first-order chi connectivity index (χ1) is 11.8. The summed E-state index contributed by atoms with van der Waals surface area (Å²) in [6.45, 7) is 16.9. The summed E-state index contributed by atoms with van der Waals surface area (Å²) in [6, 6.07) is 0. The van der Waals surface area contributed by atoms with Crippen molar-refractivity contribution in [3.8, 4) is 0 Å². The number of carbonyl (C=O) groups is 4. The van der Waals surface area contributed by atoms with Gasteiger partial charge in [-0.15, -0.1) is 0 Å². The summed E-state index contributed by atoms with van der Waals surface area (Å²) in [5.41, 5.74) is -0.341. The van der Waals surface area contributed by atoms with Crippen LogP contribution in [-0.4, -0.2) is 40.1 Å². The predicted octanol–water partition coefficient (Wildman–Crippen LogP) is 4.41. The van der Waals surface area contributed by atoms with Gasteiger partial charge in [-0.2, -0.15) is 5.06 Å². The van der Waals surface area contributed by atoms with Crippen LogP contribution in [0.25, 0.3) is 0 Å². The fourth-order valence-corrected chi connectivity index (χ4v) is 3.12. The maximum Gasteiger partial charge on any atom is 0.250 e. The van der Waals surface area contributed by atoms with Crippen LogP contribution in [0.5, 0.6) is 0 Å². The number of carbonyl (C=O) groups excluding carboxylic acids is 4. The second-order valence-electron chi connectivity index (χ2n) is 7.00. The minimum absolute atomic E-state index is 0.103. The Morgan fingerprint density at radius 3 is 1.65 bits per heavy atom. The van der Waals surface area contributed by atoms with Crippen LogP contribution in [0.15, 0.2) is 0 Å². The zero-order valence-electron chi connectivity index (χ0n) is 17.9. The van der Waals surface area contributed by atoms with E-state index in [-0.39, 0.29) is 15.3 Å². The minimum atomic E-state index is -0.410. The van der Waals surface area contributed by atoms with E-state index in [9.17, 15) is 19.2 Å². The number of rotatable bonds is 8. The molecule has 0 heterocycles. The fraction of sp³-hybridized carbons (Fsp3) is 0.789. The first-order valence-electron chi connectivity index (χ1n) is 8.86. The van der Waals surface area contributed by atoms with E-state index in [1.807, 2.05) is 27.7 Å². The van der Waals surface area contributed by atoms with Crippen molar-refractivity contribution in [2.24, 2.45) is 5.41 Å². The van der Waals surface area contributed by atoms with E-state index in [0.717, 1.165) is 6.29 Å². The lowest BCUT2D eigenvalue weighted by Crippen LogP contribution is -2.27. The molecule has 0 saturated carbocycles. The molecule has 0 atom stereocenters. The first kappa shape index (κ1) is 29.5. The number of unbranched alkanes of at least 4 members (excludes halogenated alkanes) is 1. The summed E-state index contributed by atoms with van der Waals surface area (Å²) >= 11 is 1.30. The molecule has 0 aliphatic rings. The van der Waals surface area contributed by atoms with E-state index in [4.69, 9.17) is 0 Å². The van der Waals surface area contributed by atoms with Gasteiger partial charge in [0.2, 0.25) is 12.3 Å². The summed E-state index contributed by atoms with van der Waals surface area (Å²) in [4.78, 5) is 46.4. The molecule has 0 saturated heterocycles. The van der Waals surface area contributed by atoms with Gasteiger partial charge in [-0.3, -0.25) is 19.2 Å². The molecular weight excluding hydrogens is 354 g/mol. The quantitative estimate of drug-likeness (QED) is 0.450. The molecule has 7 heteroatoms. The van der Waals surface area contributed by atoms with Gasteiger partial charge in [0.15, 0.2) is 5.12 Å². The fourth-order valence-electron chi connectivity index (χ4n) is 1.90. The molecule has 0 radical (unpaired) electrons. The Morgan fingerprint density at radius 2 is 1.46 bits per heavy atom. The van der Waals surface area contributed by atoms with Crippen molar-refractivity contribution in [2.45, 2.75) is 86.3 Å². The Bertz CT molecular complexity index is 420. The molecule has 0 aromatic rings. The van der Waals surface area contributed by atoms with Crippen molar-refractivity contribution in [3.05, 3.63) is 0 Å². The summed E-state index contributed by atoms with van der Waals surface area (Å²) in [6.07, 6.45) is 4.65. The van der Waals surface area contributed by atoms with Gasteiger partial charge < -0.3 is 4.79 Å². The summed E-state index contributed by atoms with van der Waals surface area (Å²) in [7, 11) is 0. The summed E-state index contributed by atoms with van der Waals surface area (Å²) < 4.78 is -0.157. The molecule has 6 nitrogen and oxygen atoms in total. The lowest BCUT2D eigenvalue weighted by molar-refractivity contribution is -0.183. The number of hydrogen-bond acceptors (Lipinski definition) is 6. The van der Waals surface area contributed by atoms with Gasteiger partial charge >= 0.3 is 0 Å². The third-order valence-corrected chi connectivity index (χ3v) is 3.78. The highest BCUT2D eigenvalue weighted by Gasteiger charge is 2.30. The third kappa shape index (κ3) is 20.8. The van der Waals surface area contributed by atoms with E-state index in [2.05, 4.69) is 18.7 Å². The maximum absolute atomic E-state index is 10.9. The zero-order chi connectivity index (χ0) is 21.4. The molecule has 0 bridgehead atoms. The van der Waals surface area contributed by atoms with Crippen molar-refractivity contribution in [1.82, 2.24) is 5.06 Å². The van der Waals surface area contributed by atoms with Crippen LogP contribution in [-0.2, 0) is 24.0 Å². The van der Waals surface area contributed by atoms with Crippen LogP contribution < -0.4 is 0 Å². The molecule has 0 spiro atoms. The van der Waals surface area contributed by atoms with Crippen LogP contribution in [0, 0.1) is 5.41 Å². The molecule has 2 amide bonds. The Morgan fingerprint density at radius 1 is 1.00 bits per heavy atom. The molecule has 154 valence electrons. The van der Waals surface area contributed by atoms with Gasteiger partial charge in [0.05, 0.1) is 6.61 Å². The number of aldehydes is 1. The number of thioether (sulfide) groups is 1. The molecule has 0 aliphatic heterocycles. The van der Waals surface area contributed by atoms with Crippen LogP contribution in [0.4, 0.5) is 0 Å². The SMILES string of the molecule is CC(=O)SC(C)(C)CC(C)(C)C=O.CCCC.CCON(C=O)C(C)=O. The van der Waals surface area contributed by atoms with E-state index in [1.54, 1.807) is 13.8 Å². The van der Waals surface area contributed by atoms with Crippen molar-refractivity contribution in [1.29, 1.82) is 0 Å². The highest BCUT2D eigenvalue weighted by atomic mass is 32.2. The minimum Gasteiger partial charge on any atom is -0.303 e.